The predicted octanol–water partition coefficient (Wildman–Crippen LogP) is 2.12. The van der Waals surface area contributed by atoms with Crippen LogP contribution in [0.5, 0.6) is 0 Å². The molecule has 0 spiro atoms. The SMILES string of the molecule is O=C(O)[C@H]1CCCN1C(=O)c1ccc(F)cc1I. The fourth-order valence-electron chi connectivity index (χ4n) is 2.08. The van der Waals surface area contributed by atoms with Gasteiger partial charge < -0.3 is 10.0 Å². The van der Waals surface area contributed by atoms with E-state index >= 15 is 0 Å². The molecule has 1 aromatic carbocycles. The van der Waals surface area contributed by atoms with Crippen molar-refractivity contribution < 1.29 is 19.1 Å². The Labute approximate surface area is 117 Å². The Kier molecular flexibility index (Phi) is 3.84. The van der Waals surface area contributed by atoms with Crippen molar-refractivity contribution in [3.63, 3.8) is 0 Å². The van der Waals surface area contributed by atoms with Gasteiger partial charge in [0.15, 0.2) is 0 Å². The first-order valence-corrected chi connectivity index (χ1v) is 6.57. The number of likely N-dealkylation sites (tertiary alicyclic amines) is 1. The second kappa shape index (κ2) is 5.21. The molecular weight excluding hydrogens is 352 g/mol. The van der Waals surface area contributed by atoms with E-state index in [1.165, 1.54) is 23.1 Å². The highest BCUT2D eigenvalue weighted by Crippen LogP contribution is 2.23. The van der Waals surface area contributed by atoms with Crippen LogP contribution in [0.3, 0.4) is 0 Å². The number of halogens is 2. The van der Waals surface area contributed by atoms with Crippen molar-refractivity contribution in [2.45, 2.75) is 18.9 Å². The van der Waals surface area contributed by atoms with Gasteiger partial charge in [-0.2, -0.15) is 0 Å². The third-order valence-electron chi connectivity index (χ3n) is 2.96. The molecule has 0 radical (unpaired) electrons. The van der Waals surface area contributed by atoms with Crippen molar-refractivity contribution in [1.82, 2.24) is 4.90 Å². The molecule has 1 fully saturated rings. The lowest BCUT2D eigenvalue weighted by Crippen LogP contribution is -2.40. The Hall–Kier alpha value is -1.18. The Balaban J connectivity index is 2.28. The van der Waals surface area contributed by atoms with E-state index in [1.54, 1.807) is 0 Å². The number of carbonyl (C=O) groups is 2. The largest absolute Gasteiger partial charge is 0.480 e. The smallest absolute Gasteiger partial charge is 0.326 e. The minimum absolute atomic E-state index is 0.343. The van der Waals surface area contributed by atoms with E-state index in [1.807, 2.05) is 22.6 Å². The number of carboxylic acids is 1. The molecule has 0 saturated carbocycles. The van der Waals surface area contributed by atoms with Gasteiger partial charge in [-0.3, -0.25) is 4.79 Å². The Morgan fingerprint density at radius 2 is 2.17 bits per heavy atom. The van der Waals surface area contributed by atoms with Crippen molar-refractivity contribution in [2.75, 3.05) is 6.54 Å². The van der Waals surface area contributed by atoms with E-state index in [-0.39, 0.29) is 5.91 Å². The maximum atomic E-state index is 13.0. The average Bonchev–Trinajstić information content (AvgIpc) is 2.77. The van der Waals surface area contributed by atoms with Gasteiger partial charge >= 0.3 is 5.97 Å². The van der Waals surface area contributed by atoms with Gasteiger partial charge in [0.2, 0.25) is 0 Å². The monoisotopic (exact) mass is 363 g/mol. The zero-order valence-electron chi connectivity index (χ0n) is 9.40. The minimum atomic E-state index is -0.988. The number of hydrogen-bond acceptors (Lipinski definition) is 2. The Bertz CT molecular complexity index is 506. The Morgan fingerprint density at radius 1 is 1.44 bits per heavy atom. The predicted molar refractivity (Wildman–Crippen MR) is 70.8 cm³/mol. The van der Waals surface area contributed by atoms with Crippen LogP contribution in [0.4, 0.5) is 4.39 Å². The molecular formula is C12H11FINO3. The third-order valence-corrected chi connectivity index (χ3v) is 3.85. The molecule has 1 N–H and O–H groups in total. The van der Waals surface area contributed by atoms with E-state index in [0.717, 1.165) is 0 Å². The highest BCUT2D eigenvalue weighted by molar-refractivity contribution is 14.1. The summed E-state index contributed by atoms with van der Waals surface area (Å²) in [5.74, 6) is -1.74. The van der Waals surface area contributed by atoms with Crippen LogP contribution in [-0.2, 0) is 4.79 Å². The summed E-state index contributed by atoms with van der Waals surface area (Å²) in [6.07, 6.45) is 1.15. The average molecular weight is 363 g/mol. The lowest BCUT2D eigenvalue weighted by molar-refractivity contribution is -0.141. The fraction of sp³-hybridized carbons (Fsp3) is 0.333. The van der Waals surface area contributed by atoms with Gasteiger partial charge in [-0.25, -0.2) is 9.18 Å². The second-order valence-electron chi connectivity index (χ2n) is 4.12. The molecule has 1 atom stereocenters. The maximum Gasteiger partial charge on any atom is 0.326 e. The third kappa shape index (κ3) is 2.47. The van der Waals surface area contributed by atoms with Gasteiger partial charge in [-0.15, -0.1) is 0 Å². The van der Waals surface area contributed by atoms with Gasteiger partial charge in [0.25, 0.3) is 5.91 Å². The first kappa shape index (κ1) is 13.3. The highest BCUT2D eigenvalue weighted by atomic mass is 127. The van der Waals surface area contributed by atoms with Crippen LogP contribution < -0.4 is 0 Å². The lowest BCUT2D eigenvalue weighted by atomic mass is 10.1. The van der Waals surface area contributed by atoms with Gasteiger partial charge in [-0.1, -0.05) is 0 Å². The van der Waals surface area contributed by atoms with E-state index < -0.39 is 17.8 Å². The number of hydrogen-bond donors (Lipinski definition) is 1. The first-order chi connectivity index (χ1) is 8.50. The number of carbonyl (C=O) groups excluding carboxylic acids is 1. The molecule has 1 aliphatic rings. The molecule has 1 heterocycles. The molecule has 0 aliphatic carbocycles. The first-order valence-electron chi connectivity index (χ1n) is 5.49. The zero-order chi connectivity index (χ0) is 13.3. The van der Waals surface area contributed by atoms with Gasteiger partial charge in [0.1, 0.15) is 11.9 Å². The van der Waals surface area contributed by atoms with E-state index in [0.29, 0.717) is 28.5 Å². The zero-order valence-corrected chi connectivity index (χ0v) is 11.6. The number of carboxylic acid groups (broad SMARTS) is 1. The quantitative estimate of drug-likeness (QED) is 0.819. The molecule has 1 amide bonds. The lowest BCUT2D eigenvalue weighted by Gasteiger charge is -2.21. The van der Waals surface area contributed by atoms with Crippen molar-refractivity contribution in [1.29, 1.82) is 0 Å². The molecule has 0 unspecified atom stereocenters. The molecule has 1 aromatic rings. The fourth-order valence-corrected chi connectivity index (χ4v) is 2.79. The normalized spacial score (nSPS) is 19.0. The van der Waals surface area contributed by atoms with Crippen LogP contribution in [0.2, 0.25) is 0 Å². The number of nitrogens with zero attached hydrogens (tertiary/aromatic N) is 1. The van der Waals surface area contributed by atoms with Crippen LogP contribution >= 0.6 is 22.6 Å². The molecule has 6 heteroatoms. The van der Waals surface area contributed by atoms with Gasteiger partial charge in [-0.05, 0) is 53.6 Å². The number of amides is 1. The van der Waals surface area contributed by atoms with Crippen LogP contribution in [0, 0.1) is 9.39 Å². The standard InChI is InChI=1S/C12H11FINO3/c13-7-3-4-8(9(14)6-7)11(16)15-5-1-2-10(15)12(17)18/h3-4,6,10H,1-2,5H2,(H,17,18)/t10-/m1/s1. The number of benzene rings is 1. The minimum Gasteiger partial charge on any atom is -0.480 e. The summed E-state index contributed by atoms with van der Waals surface area (Å²) in [6.45, 7) is 0.434. The van der Waals surface area contributed by atoms with Crippen LogP contribution in [0.15, 0.2) is 18.2 Å². The highest BCUT2D eigenvalue weighted by Gasteiger charge is 2.34. The summed E-state index contributed by atoms with van der Waals surface area (Å²) in [7, 11) is 0. The van der Waals surface area contributed by atoms with Gasteiger partial charge in [0.05, 0.1) is 5.56 Å². The van der Waals surface area contributed by atoms with E-state index in [9.17, 15) is 14.0 Å². The summed E-state index contributed by atoms with van der Waals surface area (Å²) < 4.78 is 13.5. The summed E-state index contributed by atoms with van der Waals surface area (Å²) in [4.78, 5) is 24.6. The molecule has 2 rings (SSSR count). The maximum absolute atomic E-state index is 13.0. The molecule has 18 heavy (non-hydrogen) atoms. The molecule has 0 bridgehead atoms. The van der Waals surface area contributed by atoms with Gasteiger partial charge in [0, 0.05) is 10.1 Å². The molecule has 4 nitrogen and oxygen atoms in total. The molecule has 96 valence electrons. The van der Waals surface area contributed by atoms with Crippen molar-refractivity contribution in [3.8, 4) is 0 Å². The summed E-state index contributed by atoms with van der Waals surface area (Å²) in [5.41, 5.74) is 0.352. The molecule has 0 aromatic heterocycles. The van der Waals surface area contributed by atoms with Crippen molar-refractivity contribution >= 4 is 34.5 Å². The Morgan fingerprint density at radius 3 is 2.78 bits per heavy atom. The van der Waals surface area contributed by atoms with Crippen molar-refractivity contribution in [2.24, 2.45) is 0 Å². The summed E-state index contributed by atoms with van der Waals surface area (Å²) >= 11 is 1.88. The van der Waals surface area contributed by atoms with Crippen LogP contribution in [0.25, 0.3) is 0 Å². The molecule has 1 aliphatic heterocycles. The second-order valence-corrected chi connectivity index (χ2v) is 5.28. The van der Waals surface area contributed by atoms with E-state index in [4.69, 9.17) is 5.11 Å². The molecule has 1 saturated heterocycles. The van der Waals surface area contributed by atoms with Crippen LogP contribution in [-0.4, -0.2) is 34.5 Å². The van der Waals surface area contributed by atoms with Crippen LogP contribution in [0.1, 0.15) is 23.2 Å². The number of rotatable bonds is 2. The van der Waals surface area contributed by atoms with E-state index in [2.05, 4.69) is 0 Å². The summed E-state index contributed by atoms with van der Waals surface area (Å²) in [6, 6.07) is 3.11. The van der Waals surface area contributed by atoms with Crippen molar-refractivity contribution in [3.05, 3.63) is 33.1 Å². The topological polar surface area (TPSA) is 57.6 Å². The summed E-state index contributed by atoms with van der Waals surface area (Å²) in [5, 5.41) is 9.04. The number of aliphatic carboxylic acids is 1.